The molecule has 0 saturated heterocycles. The van der Waals surface area contributed by atoms with Crippen LogP contribution in [0.15, 0.2) is 0 Å². The van der Waals surface area contributed by atoms with Gasteiger partial charge in [-0.3, -0.25) is 0 Å². The topological polar surface area (TPSA) is 26.0 Å². The number of rotatable bonds is 4. The molecule has 78 valence electrons. The molecule has 1 atom stereocenters. The lowest BCUT2D eigenvalue weighted by atomic mass is 9.83. The SMILES string of the molecule is CC(C)(C)CCC(F)(CN)C1CC1. The van der Waals surface area contributed by atoms with E-state index in [1.165, 1.54) is 0 Å². The minimum absolute atomic E-state index is 0.202. The zero-order valence-corrected chi connectivity index (χ0v) is 9.07. The van der Waals surface area contributed by atoms with Gasteiger partial charge in [0.2, 0.25) is 0 Å². The van der Waals surface area contributed by atoms with E-state index in [4.69, 9.17) is 5.73 Å². The Balaban J connectivity index is 2.39. The number of hydrogen-bond donors (Lipinski definition) is 1. The molecule has 1 aliphatic carbocycles. The van der Waals surface area contributed by atoms with Crippen LogP contribution in [0.1, 0.15) is 46.5 Å². The Kier molecular flexibility index (Phi) is 3.01. The van der Waals surface area contributed by atoms with E-state index in [-0.39, 0.29) is 17.9 Å². The van der Waals surface area contributed by atoms with E-state index in [0.717, 1.165) is 19.3 Å². The molecular formula is C11H22FN. The molecule has 1 saturated carbocycles. The van der Waals surface area contributed by atoms with Gasteiger partial charge in [0.25, 0.3) is 0 Å². The summed E-state index contributed by atoms with van der Waals surface area (Å²) in [6.07, 6.45) is 3.64. The van der Waals surface area contributed by atoms with Crippen molar-refractivity contribution in [2.75, 3.05) is 6.54 Å². The summed E-state index contributed by atoms with van der Waals surface area (Å²) in [5.41, 5.74) is 4.66. The minimum Gasteiger partial charge on any atom is -0.328 e. The summed E-state index contributed by atoms with van der Waals surface area (Å²) in [6.45, 7) is 6.65. The van der Waals surface area contributed by atoms with E-state index in [1.807, 2.05) is 0 Å². The number of hydrogen-bond acceptors (Lipinski definition) is 1. The minimum atomic E-state index is -1.06. The molecular weight excluding hydrogens is 165 g/mol. The first-order valence-corrected chi connectivity index (χ1v) is 5.26. The molecule has 0 aromatic carbocycles. The highest BCUT2D eigenvalue weighted by Gasteiger charge is 2.44. The second-order valence-electron chi connectivity index (χ2n) is 5.57. The van der Waals surface area contributed by atoms with Gasteiger partial charge >= 0.3 is 0 Å². The molecule has 1 unspecified atom stereocenters. The average molecular weight is 187 g/mol. The summed E-state index contributed by atoms with van der Waals surface area (Å²) in [7, 11) is 0. The van der Waals surface area contributed by atoms with Crippen LogP contribution >= 0.6 is 0 Å². The second kappa shape index (κ2) is 3.56. The first-order chi connectivity index (χ1) is 5.87. The van der Waals surface area contributed by atoms with Gasteiger partial charge in [0.15, 0.2) is 0 Å². The summed E-state index contributed by atoms with van der Waals surface area (Å²) < 4.78 is 14.1. The summed E-state index contributed by atoms with van der Waals surface area (Å²) >= 11 is 0. The number of halogens is 1. The molecule has 1 nitrogen and oxygen atoms in total. The van der Waals surface area contributed by atoms with Crippen molar-refractivity contribution in [1.29, 1.82) is 0 Å². The first kappa shape index (κ1) is 11.0. The van der Waals surface area contributed by atoms with E-state index in [2.05, 4.69) is 20.8 Å². The smallest absolute Gasteiger partial charge is 0.126 e. The van der Waals surface area contributed by atoms with Gasteiger partial charge in [0.05, 0.1) is 0 Å². The Hall–Kier alpha value is -0.110. The van der Waals surface area contributed by atoms with Gasteiger partial charge in [-0.25, -0.2) is 4.39 Å². The van der Waals surface area contributed by atoms with Crippen LogP contribution in [0.2, 0.25) is 0 Å². The van der Waals surface area contributed by atoms with Crippen molar-refractivity contribution in [1.82, 2.24) is 0 Å². The van der Waals surface area contributed by atoms with Crippen molar-refractivity contribution in [2.24, 2.45) is 17.1 Å². The largest absolute Gasteiger partial charge is 0.328 e. The van der Waals surface area contributed by atoms with Gasteiger partial charge in [-0.15, -0.1) is 0 Å². The number of alkyl halides is 1. The van der Waals surface area contributed by atoms with Crippen LogP contribution in [-0.2, 0) is 0 Å². The highest BCUT2D eigenvalue weighted by atomic mass is 19.1. The van der Waals surface area contributed by atoms with Crippen LogP contribution in [0.3, 0.4) is 0 Å². The molecule has 0 bridgehead atoms. The molecule has 1 rings (SSSR count). The normalized spacial score (nSPS) is 22.8. The molecule has 0 aromatic heterocycles. The molecule has 1 aliphatic rings. The molecule has 2 heteroatoms. The van der Waals surface area contributed by atoms with Crippen molar-refractivity contribution in [2.45, 2.75) is 52.1 Å². The maximum Gasteiger partial charge on any atom is 0.126 e. The summed E-state index contributed by atoms with van der Waals surface area (Å²) in [4.78, 5) is 0. The fourth-order valence-electron chi connectivity index (χ4n) is 1.66. The van der Waals surface area contributed by atoms with Gasteiger partial charge in [0.1, 0.15) is 5.67 Å². The Morgan fingerprint density at radius 2 is 1.77 bits per heavy atom. The molecule has 1 fully saturated rings. The van der Waals surface area contributed by atoms with Crippen LogP contribution in [-0.4, -0.2) is 12.2 Å². The lowest BCUT2D eigenvalue weighted by Crippen LogP contribution is -2.36. The Labute approximate surface area is 80.9 Å². The maximum atomic E-state index is 14.1. The quantitative estimate of drug-likeness (QED) is 0.719. The van der Waals surface area contributed by atoms with Gasteiger partial charge in [-0.2, -0.15) is 0 Å². The maximum absolute atomic E-state index is 14.1. The van der Waals surface area contributed by atoms with Gasteiger partial charge in [-0.05, 0) is 37.0 Å². The summed E-state index contributed by atoms with van der Waals surface area (Å²) in [5.74, 6) is 0.264. The van der Waals surface area contributed by atoms with Gasteiger partial charge in [0, 0.05) is 6.54 Å². The molecule has 0 amide bonds. The van der Waals surface area contributed by atoms with Crippen molar-refractivity contribution in [3.8, 4) is 0 Å². The summed E-state index contributed by atoms with van der Waals surface area (Å²) in [6, 6.07) is 0. The molecule has 13 heavy (non-hydrogen) atoms. The van der Waals surface area contributed by atoms with Crippen molar-refractivity contribution < 1.29 is 4.39 Å². The van der Waals surface area contributed by atoms with Gasteiger partial charge < -0.3 is 5.73 Å². The molecule has 0 aromatic rings. The van der Waals surface area contributed by atoms with Crippen LogP contribution in [0.5, 0.6) is 0 Å². The predicted octanol–water partition coefficient (Wildman–Crippen LogP) is 2.89. The lowest BCUT2D eigenvalue weighted by molar-refractivity contribution is 0.110. The van der Waals surface area contributed by atoms with E-state index in [0.29, 0.717) is 6.42 Å². The zero-order chi connectivity index (χ0) is 10.1. The average Bonchev–Trinajstić information content (AvgIpc) is 2.81. The molecule has 2 N–H and O–H groups in total. The number of nitrogens with two attached hydrogens (primary N) is 1. The van der Waals surface area contributed by atoms with Crippen LogP contribution in [0, 0.1) is 11.3 Å². The van der Waals surface area contributed by atoms with E-state index in [1.54, 1.807) is 0 Å². The standard InChI is InChI=1S/C11H22FN/c1-10(2,3)6-7-11(12,8-13)9-4-5-9/h9H,4-8,13H2,1-3H3. The predicted molar refractivity (Wildman–Crippen MR) is 54.3 cm³/mol. The monoisotopic (exact) mass is 187 g/mol. The fraction of sp³-hybridized carbons (Fsp3) is 1.00. The molecule has 0 radical (unpaired) electrons. The third-order valence-corrected chi connectivity index (χ3v) is 2.94. The molecule has 0 aliphatic heterocycles. The Morgan fingerprint density at radius 1 is 1.23 bits per heavy atom. The lowest BCUT2D eigenvalue weighted by Gasteiger charge is -2.27. The first-order valence-electron chi connectivity index (χ1n) is 5.26. The van der Waals surface area contributed by atoms with Crippen LogP contribution in [0.25, 0.3) is 0 Å². The third kappa shape index (κ3) is 3.26. The molecule has 0 spiro atoms. The zero-order valence-electron chi connectivity index (χ0n) is 9.07. The van der Waals surface area contributed by atoms with E-state index >= 15 is 0 Å². The summed E-state index contributed by atoms with van der Waals surface area (Å²) in [5, 5.41) is 0. The van der Waals surface area contributed by atoms with E-state index in [9.17, 15) is 4.39 Å². The molecule has 0 heterocycles. The second-order valence-corrected chi connectivity index (χ2v) is 5.57. The highest BCUT2D eigenvalue weighted by molar-refractivity contribution is 4.96. The highest BCUT2D eigenvalue weighted by Crippen LogP contribution is 2.45. The van der Waals surface area contributed by atoms with Crippen LogP contribution < -0.4 is 5.73 Å². The fourth-order valence-corrected chi connectivity index (χ4v) is 1.66. The van der Waals surface area contributed by atoms with Crippen molar-refractivity contribution >= 4 is 0 Å². The van der Waals surface area contributed by atoms with Crippen molar-refractivity contribution in [3.63, 3.8) is 0 Å². The Morgan fingerprint density at radius 3 is 2.08 bits per heavy atom. The van der Waals surface area contributed by atoms with Gasteiger partial charge in [-0.1, -0.05) is 20.8 Å². The Bertz CT molecular complexity index is 169. The van der Waals surface area contributed by atoms with Crippen LogP contribution in [0.4, 0.5) is 4.39 Å². The van der Waals surface area contributed by atoms with E-state index < -0.39 is 5.67 Å². The third-order valence-electron chi connectivity index (χ3n) is 2.94. The van der Waals surface area contributed by atoms with Crippen molar-refractivity contribution in [3.05, 3.63) is 0 Å².